The Morgan fingerprint density at radius 1 is 1.30 bits per heavy atom. The van der Waals surface area contributed by atoms with Crippen molar-refractivity contribution in [3.05, 3.63) is 0 Å². The molecular formula is C7H14F2S. The number of rotatable bonds is 5. The molecule has 0 rings (SSSR count). The predicted octanol–water partition coefficient (Wildman–Crippen LogP) is 3.17. The molecule has 0 fully saturated rings. The smallest absolute Gasteiger partial charge is 0.207 e. The van der Waals surface area contributed by atoms with Gasteiger partial charge >= 0.3 is 0 Å². The molecule has 3 heteroatoms. The molecule has 0 aromatic rings. The normalized spacial score (nSPS) is 12.0. The van der Waals surface area contributed by atoms with Crippen LogP contribution in [0.2, 0.25) is 0 Å². The van der Waals surface area contributed by atoms with Crippen LogP contribution in [0.15, 0.2) is 0 Å². The molecule has 0 aliphatic rings. The molecule has 0 heterocycles. The first kappa shape index (κ1) is 10.2. The van der Waals surface area contributed by atoms with Gasteiger partial charge in [0, 0.05) is 12.8 Å². The summed E-state index contributed by atoms with van der Waals surface area (Å²) >= 11 is 1.57. The van der Waals surface area contributed by atoms with Crippen molar-refractivity contribution >= 4 is 11.8 Å². The van der Waals surface area contributed by atoms with E-state index < -0.39 is 5.92 Å². The zero-order valence-corrected chi connectivity index (χ0v) is 7.31. The largest absolute Gasteiger partial charge is 0.248 e. The van der Waals surface area contributed by atoms with Crippen LogP contribution in [0.1, 0.15) is 26.7 Å². The van der Waals surface area contributed by atoms with Gasteiger partial charge in [0.05, 0.1) is 0 Å². The quantitative estimate of drug-likeness (QED) is 0.568. The summed E-state index contributed by atoms with van der Waals surface area (Å²) in [5, 5.41) is 0. The van der Waals surface area contributed by atoms with Gasteiger partial charge in [-0.3, -0.25) is 0 Å². The minimum Gasteiger partial charge on any atom is -0.207 e. The van der Waals surface area contributed by atoms with Crippen molar-refractivity contribution in [2.75, 3.05) is 11.5 Å². The lowest BCUT2D eigenvalue weighted by Gasteiger charge is -2.12. The second-order valence-corrected chi connectivity index (χ2v) is 3.55. The van der Waals surface area contributed by atoms with Gasteiger partial charge < -0.3 is 0 Å². The highest BCUT2D eigenvalue weighted by Crippen LogP contribution is 2.23. The molecular weight excluding hydrogens is 154 g/mol. The van der Waals surface area contributed by atoms with Crippen LogP contribution in [0.3, 0.4) is 0 Å². The van der Waals surface area contributed by atoms with E-state index in [1.54, 1.807) is 11.8 Å². The Hall–Kier alpha value is 0.210. The third-order valence-corrected chi connectivity index (χ3v) is 2.23. The summed E-state index contributed by atoms with van der Waals surface area (Å²) in [7, 11) is 0. The minimum atomic E-state index is -2.43. The molecule has 0 saturated heterocycles. The lowest BCUT2D eigenvalue weighted by molar-refractivity contribution is -0.00524. The number of hydrogen-bond donors (Lipinski definition) is 0. The number of halogens is 2. The number of alkyl halides is 2. The summed E-state index contributed by atoms with van der Waals surface area (Å²) in [6.07, 6.45) is -0.000713. The summed E-state index contributed by atoms with van der Waals surface area (Å²) in [6, 6.07) is 0. The number of hydrogen-bond acceptors (Lipinski definition) is 1. The summed E-state index contributed by atoms with van der Waals surface area (Å²) in [5.74, 6) is -0.917. The van der Waals surface area contributed by atoms with E-state index in [2.05, 4.69) is 0 Å². The zero-order chi connectivity index (χ0) is 8.04. The van der Waals surface area contributed by atoms with Gasteiger partial charge in [-0.2, -0.15) is 11.8 Å². The van der Waals surface area contributed by atoms with Crippen LogP contribution >= 0.6 is 11.8 Å². The standard InChI is InChI=1S/C7H14F2S/c1-3-7(8,9)5-6-10-4-2/h3-6H2,1-2H3. The lowest BCUT2D eigenvalue weighted by Crippen LogP contribution is -2.14. The van der Waals surface area contributed by atoms with Gasteiger partial charge in [0.25, 0.3) is 0 Å². The first-order valence-electron chi connectivity index (χ1n) is 3.58. The van der Waals surface area contributed by atoms with Crippen LogP contribution in [0.5, 0.6) is 0 Å². The molecule has 0 N–H and O–H groups in total. The highest BCUT2D eigenvalue weighted by molar-refractivity contribution is 7.99. The van der Waals surface area contributed by atoms with Gasteiger partial charge in [0.2, 0.25) is 5.92 Å². The summed E-state index contributed by atoms with van der Waals surface area (Å²) in [4.78, 5) is 0. The van der Waals surface area contributed by atoms with Crippen LogP contribution in [0.4, 0.5) is 8.78 Å². The minimum absolute atomic E-state index is 0.0298. The molecule has 0 aromatic heterocycles. The van der Waals surface area contributed by atoms with Crippen molar-refractivity contribution in [3.8, 4) is 0 Å². The van der Waals surface area contributed by atoms with E-state index >= 15 is 0 Å². The van der Waals surface area contributed by atoms with Gasteiger partial charge in [-0.05, 0) is 11.5 Å². The summed E-state index contributed by atoms with van der Waals surface area (Å²) in [5.41, 5.74) is 0. The van der Waals surface area contributed by atoms with E-state index in [0.717, 1.165) is 5.75 Å². The van der Waals surface area contributed by atoms with E-state index in [1.165, 1.54) is 6.92 Å². The van der Waals surface area contributed by atoms with Gasteiger partial charge in [-0.1, -0.05) is 13.8 Å². The van der Waals surface area contributed by atoms with E-state index in [9.17, 15) is 8.78 Å². The van der Waals surface area contributed by atoms with Crippen molar-refractivity contribution in [1.82, 2.24) is 0 Å². The van der Waals surface area contributed by atoms with Crippen LogP contribution in [0.25, 0.3) is 0 Å². The zero-order valence-electron chi connectivity index (χ0n) is 6.49. The van der Waals surface area contributed by atoms with Crippen LogP contribution in [-0.4, -0.2) is 17.4 Å². The number of thioether (sulfide) groups is 1. The first-order chi connectivity index (χ1) is 4.62. The average Bonchev–Trinajstić information content (AvgIpc) is 1.89. The Bertz CT molecular complexity index is 83.7. The highest BCUT2D eigenvalue weighted by atomic mass is 32.2. The molecule has 0 unspecified atom stereocenters. The second kappa shape index (κ2) is 4.94. The van der Waals surface area contributed by atoms with Crippen molar-refractivity contribution in [3.63, 3.8) is 0 Å². The molecule has 0 nitrogen and oxygen atoms in total. The van der Waals surface area contributed by atoms with Crippen molar-refractivity contribution in [2.24, 2.45) is 0 Å². The molecule has 0 bridgehead atoms. The maximum absolute atomic E-state index is 12.5. The van der Waals surface area contributed by atoms with Gasteiger partial charge in [-0.15, -0.1) is 0 Å². The van der Waals surface area contributed by atoms with Crippen molar-refractivity contribution < 1.29 is 8.78 Å². The fraction of sp³-hybridized carbons (Fsp3) is 1.00. The topological polar surface area (TPSA) is 0 Å². The van der Waals surface area contributed by atoms with Gasteiger partial charge in [0.1, 0.15) is 0 Å². The molecule has 0 saturated carbocycles. The maximum atomic E-state index is 12.5. The van der Waals surface area contributed by atoms with Crippen LogP contribution in [0, 0.1) is 0 Å². The highest BCUT2D eigenvalue weighted by Gasteiger charge is 2.24. The Labute approximate surface area is 65.4 Å². The van der Waals surface area contributed by atoms with E-state index in [0.29, 0.717) is 5.75 Å². The third kappa shape index (κ3) is 5.03. The SMILES string of the molecule is CCSCCC(F)(F)CC. The Balaban J connectivity index is 3.28. The first-order valence-corrected chi connectivity index (χ1v) is 4.73. The fourth-order valence-electron chi connectivity index (χ4n) is 0.543. The molecule has 0 aliphatic carbocycles. The molecule has 62 valence electrons. The van der Waals surface area contributed by atoms with E-state index in [1.807, 2.05) is 6.92 Å². The van der Waals surface area contributed by atoms with E-state index in [4.69, 9.17) is 0 Å². The lowest BCUT2D eigenvalue weighted by atomic mass is 10.2. The average molecular weight is 168 g/mol. The summed E-state index contributed by atoms with van der Waals surface area (Å²) < 4.78 is 24.9. The van der Waals surface area contributed by atoms with Crippen molar-refractivity contribution in [2.45, 2.75) is 32.6 Å². The molecule has 0 spiro atoms. The molecule has 0 atom stereocenters. The Morgan fingerprint density at radius 3 is 2.30 bits per heavy atom. The monoisotopic (exact) mass is 168 g/mol. The molecule has 10 heavy (non-hydrogen) atoms. The molecule has 0 aromatic carbocycles. The molecule has 0 aliphatic heterocycles. The predicted molar refractivity (Wildman–Crippen MR) is 42.9 cm³/mol. The summed E-state index contributed by atoms with van der Waals surface area (Å²) in [6.45, 7) is 3.51. The Kier molecular flexibility index (Phi) is 5.04. The third-order valence-electron chi connectivity index (χ3n) is 1.33. The van der Waals surface area contributed by atoms with Crippen LogP contribution < -0.4 is 0 Å². The van der Waals surface area contributed by atoms with Crippen LogP contribution in [-0.2, 0) is 0 Å². The second-order valence-electron chi connectivity index (χ2n) is 2.16. The van der Waals surface area contributed by atoms with Gasteiger partial charge in [-0.25, -0.2) is 8.78 Å². The Morgan fingerprint density at radius 2 is 1.90 bits per heavy atom. The maximum Gasteiger partial charge on any atom is 0.248 e. The van der Waals surface area contributed by atoms with E-state index in [-0.39, 0.29) is 12.8 Å². The van der Waals surface area contributed by atoms with Crippen molar-refractivity contribution in [1.29, 1.82) is 0 Å². The molecule has 0 amide bonds. The van der Waals surface area contributed by atoms with Gasteiger partial charge in [0.15, 0.2) is 0 Å². The fourth-order valence-corrected chi connectivity index (χ4v) is 1.27. The molecule has 0 radical (unpaired) electrons.